The van der Waals surface area contributed by atoms with E-state index in [1.54, 1.807) is 30.3 Å². The molecule has 0 saturated heterocycles. The first-order valence-electron chi connectivity index (χ1n) is 8.70. The van der Waals surface area contributed by atoms with E-state index in [0.717, 1.165) is 18.4 Å². The van der Waals surface area contributed by atoms with Crippen LogP contribution in [0.25, 0.3) is 0 Å². The van der Waals surface area contributed by atoms with E-state index >= 15 is 0 Å². The Hall–Kier alpha value is -2.47. The van der Waals surface area contributed by atoms with Gasteiger partial charge in [-0.1, -0.05) is 43.7 Å². The first-order chi connectivity index (χ1) is 12.6. The second-order valence-corrected chi connectivity index (χ2v) is 5.90. The van der Waals surface area contributed by atoms with Crippen LogP contribution in [-0.4, -0.2) is 19.1 Å². The van der Waals surface area contributed by atoms with Crippen molar-refractivity contribution in [2.75, 3.05) is 6.54 Å². The van der Waals surface area contributed by atoms with Gasteiger partial charge in [0.25, 0.3) is 5.91 Å². The van der Waals surface area contributed by atoms with Gasteiger partial charge in [-0.3, -0.25) is 4.79 Å². The molecule has 0 spiro atoms. The molecule has 140 valence electrons. The number of carbonyl (C=O) groups excluding carboxylic acids is 1. The van der Waals surface area contributed by atoms with E-state index in [4.69, 9.17) is 0 Å². The van der Waals surface area contributed by atoms with E-state index in [-0.39, 0.29) is 11.7 Å². The number of halogens is 2. The normalized spacial score (nSPS) is 10.8. The summed E-state index contributed by atoms with van der Waals surface area (Å²) in [5.74, 6) is 0.102. The van der Waals surface area contributed by atoms with E-state index in [1.807, 2.05) is 12.1 Å². The molecule has 0 bridgehead atoms. The second-order valence-electron chi connectivity index (χ2n) is 5.90. The Kier molecular flexibility index (Phi) is 8.02. The molecule has 4 nitrogen and oxygen atoms in total. The molecular formula is C20H24F2N2O2. The van der Waals surface area contributed by atoms with Gasteiger partial charge in [-0.05, 0) is 30.2 Å². The summed E-state index contributed by atoms with van der Waals surface area (Å²) in [5, 5.41) is 6.07. The van der Waals surface area contributed by atoms with E-state index in [1.165, 1.54) is 6.07 Å². The lowest BCUT2D eigenvalue weighted by Gasteiger charge is -2.11. The van der Waals surface area contributed by atoms with Crippen LogP contribution >= 0.6 is 0 Å². The van der Waals surface area contributed by atoms with Crippen LogP contribution in [0.3, 0.4) is 0 Å². The molecule has 1 amide bonds. The van der Waals surface area contributed by atoms with Gasteiger partial charge in [-0.15, -0.1) is 0 Å². The quantitative estimate of drug-likeness (QED) is 0.626. The lowest BCUT2D eigenvalue weighted by atomic mass is 10.1. The number of unbranched alkanes of at least 4 members (excludes halogenated alkanes) is 1. The summed E-state index contributed by atoms with van der Waals surface area (Å²) in [6, 6.07) is 14.0. The Labute approximate surface area is 152 Å². The molecule has 2 rings (SSSR count). The van der Waals surface area contributed by atoms with Crippen molar-refractivity contribution in [3.63, 3.8) is 0 Å². The van der Waals surface area contributed by atoms with Crippen molar-refractivity contribution in [3.8, 4) is 5.75 Å². The average Bonchev–Trinajstić information content (AvgIpc) is 2.63. The van der Waals surface area contributed by atoms with Crippen molar-refractivity contribution in [2.24, 2.45) is 0 Å². The highest BCUT2D eigenvalue weighted by atomic mass is 19.3. The lowest BCUT2D eigenvalue weighted by molar-refractivity contribution is -0.0505. The summed E-state index contributed by atoms with van der Waals surface area (Å²) in [6.07, 6.45) is 2.00. The van der Waals surface area contributed by atoms with E-state index in [9.17, 15) is 13.6 Å². The maximum absolute atomic E-state index is 12.4. The molecule has 2 aromatic carbocycles. The number of alkyl halides is 2. The fourth-order valence-corrected chi connectivity index (χ4v) is 2.46. The van der Waals surface area contributed by atoms with Crippen molar-refractivity contribution in [1.29, 1.82) is 0 Å². The standard InChI is InChI=1S/C20H24F2N2O2/c1-2-3-12-24-19(25)16-10-8-15(9-11-16)13-23-14-17-6-4-5-7-18(17)26-20(21)22/h4-11,20,23H,2-3,12-14H2,1H3,(H,24,25). The molecular weight excluding hydrogens is 338 g/mol. The van der Waals surface area contributed by atoms with Gasteiger partial charge in [-0.25, -0.2) is 0 Å². The minimum Gasteiger partial charge on any atom is -0.434 e. The number of carbonyl (C=O) groups is 1. The van der Waals surface area contributed by atoms with Crippen molar-refractivity contribution in [3.05, 3.63) is 65.2 Å². The molecule has 0 unspecified atom stereocenters. The van der Waals surface area contributed by atoms with Crippen LogP contribution in [0.1, 0.15) is 41.3 Å². The number of benzene rings is 2. The first-order valence-corrected chi connectivity index (χ1v) is 8.70. The van der Waals surface area contributed by atoms with Crippen LogP contribution in [0.5, 0.6) is 5.75 Å². The van der Waals surface area contributed by atoms with Crippen LogP contribution in [0.4, 0.5) is 8.78 Å². The Bertz CT molecular complexity index is 690. The van der Waals surface area contributed by atoms with E-state index in [2.05, 4.69) is 22.3 Å². The SMILES string of the molecule is CCCCNC(=O)c1ccc(CNCc2ccccc2OC(F)F)cc1. The molecule has 0 saturated carbocycles. The second kappa shape index (κ2) is 10.5. The van der Waals surface area contributed by atoms with Gasteiger partial charge in [0.05, 0.1) is 0 Å². The van der Waals surface area contributed by atoms with Crippen molar-refractivity contribution >= 4 is 5.91 Å². The fraction of sp³-hybridized carbons (Fsp3) is 0.350. The Morgan fingerprint density at radius 2 is 1.81 bits per heavy atom. The third-order valence-electron chi connectivity index (χ3n) is 3.87. The minimum absolute atomic E-state index is 0.0731. The number of hydrogen-bond donors (Lipinski definition) is 2. The predicted molar refractivity (Wildman–Crippen MR) is 97.3 cm³/mol. The fourth-order valence-electron chi connectivity index (χ4n) is 2.46. The molecule has 0 atom stereocenters. The zero-order valence-corrected chi connectivity index (χ0v) is 14.8. The van der Waals surface area contributed by atoms with Crippen LogP contribution < -0.4 is 15.4 Å². The van der Waals surface area contributed by atoms with Gasteiger partial charge < -0.3 is 15.4 Å². The van der Waals surface area contributed by atoms with E-state index in [0.29, 0.717) is 30.8 Å². The number of para-hydroxylation sites is 1. The van der Waals surface area contributed by atoms with Gasteiger partial charge in [0.1, 0.15) is 5.75 Å². The monoisotopic (exact) mass is 362 g/mol. The number of hydrogen-bond acceptors (Lipinski definition) is 3. The van der Waals surface area contributed by atoms with Crippen LogP contribution in [0.2, 0.25) is 0 Å². The van der Waals surface area contributed by atoms with Gasteiger partial charge in [0.15, 0.2) is 0 Å². The molecule has 2 N–H and O–H groups in total. The molecule has 0 radical (unpaired) electrons. The molecule has 26 heavy (non-hydrogen) atoms. The molecule has 0 aliphatic heterocycles. The third-order valence-corrected chi connectivity index (χ3v) is 3.87. The molecule has 6 heteroatoms. The van der Waals surface area contributed by atoms with Crippen LogP contribution in [-0.2, 0) is 13.1 Å². The van der Waals surface area contributed by atoms with Gasteiger partial charge in [0.2, 0.25) is 0 Å². The number of amides is 1. The number of ether oxygens (including phenoxy) is 1. The van der Waals surface area contributed by atoms with Gasteiger partial charge >= 0.3 is 6.61 Å². The molecule has 0 fully saturated rings. The zero-order valence-electron chi connectivity index (χ0n) is 14.8. The van der Waals surface area contributed by atoms with Crippen LogP contribution in [0.15, 0.2) is 48.5 Å². The number of rotatable bonds is 10. The summed E-state index contributed by atoms with van der Waals surface area (Å²) < 4.78 is 29.3. The summed E-state index contributed by atoms with van der Waals surface area (Å²) >= 11 is 0. The summed E-state index contributed by atoms with van der Waals surface area (Å²) in [4.78, 5) is 12.0. The van der Waals surface area contributed by atoms with Crippen LogP contribution in [0, 0.1) is 0 Å². The smallest absolute Gasteiger partial charge is 0.387 e. The summed E-state index contributed by atoms with van der Waals surface area (Å²) in [7, 11) is 0. The van der Waals surface area contributed by atoms with Crippen molar-refractivity contribution < 1.29 is 18.3 Å². The minimum atomic E-state index is -2.84. The molecule has 0 aliphatic rings. The molecule has 0 aliphatic carbocycles. The zero-order chi connectivity index (χ0) is 18.8. The largest absolute Gasteiger partial charge is 0.434 e. The maximum Gasteiger partial charge on any atom is 0.387 e. The Morgan fingerprint density at radius 1 is 1.08 bits per heavy atom. The highest BCUT2D eigenvalue weighted by Crippen LogP contribution is 2.20. The maximum atomic E-state index is 12.4. The summed E-state index contributed by atoms with van der Waals surface area (Å²) in [5.41, 5.74) is 2.29. The third kappa shape index (κ3) is 6.44. The van der Waals surface area contributed by atoms with Gasteiger partial charge in [0, 0.05) is 30.8 Å². The Balaban J connectivity index is 1.84. The number of nitrogens with one attached hydrogen (secondary N) is 2. The first kappa shape index (κ1) is 19.8. The lowest BCUT2D eigenvalue weighted by Crippen LogP contribution is -2.24. The highest BCUT2D eigenvalue weighted by Gasteiger charge is 2.09. The molecule has 0 aromatic heterocycles. The average molecular weight is 362 g/mol. The Morgan fingerprint density at radius 3 is 2.50 bits per heavy atom. The topological polar surface area (TPSA) is 50.4 Å². The highest BCUT2D eigenvalue weighted by molar-refractivity contribution is 5.94. The van der Waals surface area contributed by atoms with Gasteiger partial charge in [-0.2, -0.15) is 8.78 Å². The predicted octanol–water partition coefficient (Wildman–Crippen LogP) is 4.11. The molecule has 0 heterocycles. The van der Waals surface area contributed by atoms with E-state index < -0.39 is 6.61 Å². The van der Waals surface area contributed by atoms with Crippen molar-refractivity contribution in [2.45, 2.75) is 39.5 Å². The molecule has 2 aromatic rings. The van der Waals surface area contributed by atoms with Crippen molar-refractivity contribution in [1.82, 2.24) is 10.6 Å². The summed E-state index contributed by atoms with van der Waals surface area (Å²) in [6.45, 7) is 0.875.